The third-order valence-electron chi connectivity index (χ3n) is 1.41. The van der Waals surface area contributed by atoms with Crippen LogP contribution >= 0.6 is 27.7 Å². The van der Waals surface area contributed by atoms with Crippen molar-refractivity contribution in [3.05, 3.63) is 28.7 Å². The van der Waals surface area contributed by atoms with E-state index in [1.165, 1.54) is 15.1 Å². The third kappa shape index (κ3) is 5.71. The van der Waals surface area contributed by atoms with Crippen molar-refractivity contribution in [2.45, 2.75) is 32.6 Å². The molecule has 0 aliphatic carbocycles. The molecule has 0 atom stereocenters. The first-order valence-corrected chi connectivity index (χ1v) is 6.85. The molecule has 1 aromatic carbocycles. The van der Waals surface area contributed by atoms with E-state index in [-0.39, 0.29) is 0 Å². The number of benzene rings is 1. The van der Waals surface area contributed by atoms with Crippen LogP contribution in [0.2, 0.25) is 0 Å². The smallest absolute Gasteiger partial charge is 0.0311 e. The fourth-order valence-corrected chi connectivity index (χ4v) is 2.34. The highest BCUT2D eigenvalue weighted by molar-refractivity contribution is 9.10. The van der Waals surface area contributed by atoms with Crippen molar-refractivity contribution >= 4 is 27.7 Å². The van der Waals surface area contributed by atoms with E-state index in [0.717, 1.165) is 5.92 Å². The van der Waals surface area contributed by atoms with Gasteiger partial charge in [-0.2, -0.15) is 0 Å². The molecule has 0 heterocycles. The minimum Gasteiger partial charge on any atom is -0.125 e. The summed E-state index contributed by atoms with van der Waals surface area (Å²) in [6.07, 6.45) is 0. The zero-order chi connectivity index (χ0) is 11.0. The van der Waals surface area contributed by atoms with E-state index in [4.69, 9.17) is 0 Å². The van der Waals surface area contributed by atoms with Crippen molar-refractivity contribution in [1.82, 2.24) is 0 Å². The summed E-state index contributed by atoms with van der Waals surface area (Å²) in [5.41, 5.74) is 0. The van der Waals surface area contributed by atoms with E-state index in [9.17, 15) is 0 Å². The topological polar surface area (TPSA) is 0 Å². The van der Waals surface area contributed by atoms with E-state index in [0.29, 0.717) is 0 Å². The van der Waals surface area contributed by atoms with Gasteiger partial charge in [-0.3, -0.25) is 0 Å². The number of hydrogen-bond acceptors (Lipinski definition) is 1. The zero-order valence-corrected chi connectivity index (χ0v) is 11.8. The van der Waals surface area contributed by atoms with E-state index in [1.54, 1.807) is 0 Å². The summed E-state index contributed by atoms with van der Waals surface area (Å²) in [7, 11) is 0. The minimum absolute atomic E-state index is 0.752. The van der Waals surface area contributed by atoms with Gasteiger partial charge in [-0.05, 0) is 34.0 Å². The van der Waals surface area contributed by atoms with Crippen molar-refractivity contribution in [3.63, 3.8) is 0 Å². The predicted octanol–water partition coefficient (Wildman–Crippen LogP) is 5.22. The number of rotatable bonds is 3. The third-order valence-corrected chi connectivity index (χ3v) is 3.86. The first-order valence-electron chi connectivity index (χ1n) is 5.07. The fraction of sp³-hybridized carbons (Fsp3) is 0.500. The average Bonchev–Trinajstić information content (AvgIpc) is 2.19. The molecule has 0 aliphatic rings. The van der Waals surface area contributed by atoms with Gasteiger partial charge in [0.25, 0.3) is 0 Å². The van der Waals surface area contributed by atoms with Crippen LogP contribution in [-0.4, -0.2) is 5.75 Å². The summed E-state index contributed by atoms with van der Waals surface area (Å²) in [6, 6.07) is 8.36. The van der Waals surface area contributed by atoms with Gasteiger partial charge >= 0.3 is 0 Å². The summed E-state index contributed by atoms with van der Waals surface area (Å²) >= 11 is 5.43. The van der Waals surface area contributed by atoms with Crippen molar-refractivity contribution in [2.24, 2.45) is 5.92 Å². The molecular formula is C12H19BrS. The maximum atomic E-state index is 3.53. The van der Waals surface area contributed by atoms with Gasteiger partial charge in [0.2, 0.25) is 0 Å². The van der Waals surface area contributed by atoms with Gasteiger partial charge in [-0.1, -0.05) is 39.8 Å². The first kappa shape index (κ1) is 14.1. The predicted molar refractivity (Wildman–Crippen MR) is 71.1 cm³/mol. The number of hydrogen-bond donors (Lipinski definition) is 0. The van der Waals surface area contributed by atoms with Gasteiger partial charge in [0.05, 0.1) is 0 Å². The van der Waals surface area contributed by atoms with Crippen molar-refractivity contribution in [1.29, 1.82) is 0 Å². The second-order valence-corrected chi connectivity index (χ2v) is 5.05. The summed E-state index contributed by atoms with van der Waals surface area (Å²) in [4.78, 5) is 1.34. The largest absolute Gasteiger partial charge is 0.125 e. The summed E-state index contributed by atoms with van der Waals surface area (Å²) in [5, 5.41) is 0. The molecule has 0 radical (unpaired) electrons. The molecule has 0 amide bonds. The van der Waals surface area contributed by atoms with Crippen LogP contribution in [0.1, 0.15) is 27.7 Å². The van der Waals surface area contributed by atoms with Crippen molar-refractivity contribution in [2.75, 3.05) is 5.75 Å². The quantitative estimate of drug-likeness (QED) is 0.681. The van der Waals surface area contributed by atoms with Gasteiger partial charge in [0.15, 0.2) is 0 Å². The molecule has 0 bridgehead atoms. The van der Waals surface area contributed by atoms with Crippen LogP contribution in [0.4, 0.5) is 0 Å². The lowest BCUT2D eigenvalue weighted by molar-refractivity contribution is 0.750. The molecule has 14 heavy (non-hydrogen) atoms. The van der Waals surface area contributed by atoms with Crippen LogP contribution < -0.4 is 0 Å². The zero-order valence-electron chi connectivity index (χ0n) is 9.38. The van der Waals surface area contributed by atoms with Crippen LogP contribution in [0.5, 0.6) is 0 Å². The molecule has 0 unspecified atom stereocenters. The molecule has 0 aromatic heterocycles. The van der Waals surface area contributed by atoms with E-state index in [2.05, 4.69) is 48.0 Å². The van der Waals surface area contributed by atoms with Crippen LogP contribution in [0, 0.1) is 5.92 Å². The standard InChI is InChI=1S/C10H13BrS.C2H6/c1-8(2)7-12-10-6-4-3-5-9(10)11;1-2/h3-6,8H,7H2,1-2H3;1-2H3. The Bertz CT molecular complexity index is 246. The molecule has 80 valence electrons. The molecule has 0 saturated heterocycles. The van der Waals surface area contributed by atoms with Gasteiger partial charge in [-0.25, -0.2) is 0 Å². The molecule has 0 spiro atoms. The first-order chi connectivity index (χ1) is 6.70. The van der Waals surface area contributed by atoms with Gasteiger partial charge in [0.1, 0.15) is 0 Å². The summed E-state index contributed by atoms with van der Waals surface area (Å²) in [6.45, 7) is 8.48. The van der Waals surface area contributed by atoms with E-state index in [1.807, 2.05) is 31.7 Å². The monoisotopic (exact) mass is 274 g/mol. The SMILES string of the molecule is CC.CC(C)CSc1ccccc1Br. The molecular weight excluding hydrogens is 256 g/mol. The van der Waals surface area contributed by atoms with Gasteiger partial charge in [-0.15, -0.1) is 11.8 Å². The Kier molecular flexibility index (Phi) is 8.40. The van der Waals surface area contributed by atoms with E-state index < -0.39 is 0 Å². The average molecular weight is 275 g/mol. The highest BCUT2D eigenvalue weighted by Crippen LogP contribution is 2.28. The van der Waals surface area contributed by atoms with Gasteiger partial charge in [0, 0.05) is 15.1 Å². The molecule has 0 aliphatic heterocycles. The Morgan fingerprint density at radius 2 is 1.79 bits per heavy atom. The second-order valence-electron chi connectivity index (χ2n) is 3.14. The maximum Gasteiger partial charge on any atom is 0.0311 e. The highest BCUT2D eigenvalue weighted by Gasteiger charge is 2.00. The van der Waals surface area contributed by atoms with Crippen LogP contribution in [0.15, 0.2) is 33.6 Å². The molecule has 0 fully saturated rings. The lowest BCUT2D eigenvalue weighted by Gasteiger charge is -2.05. The number of halogens is 1. The van der Waals surface area contributed by atoms with E-state index >= 15 is 0 Å². The molecule has 0 saturated carbocycles. The molecule has 0 N–H and O–H groups in total. The van der Waals surface area contributed by atoms with Crippen LogP contribution in [0.3, 0.4) is 0 Å². The molecule has 1 rings (SSSR count). The fourth-order valence-electron chi connectivity index (χ4n) is 0.818. The second kappa shape index (κ2) is 8.37. The highest BCUT2D eigenvalue weighted by atomic mass is 79.9. The van der Waals surface area contributed by atoms with Crippen molar-refractivity contribution < 1.29 is 0 Å². The Labute approximate surface area is 101 Å². The lowest BCUT2D eigenvalue weighted by atomic mass is 10.3. The van der Waals surface area contributed by atoms with Crippen LogP contribution in [-0.2, 0) is 0 Å². The van der Waals surface area contributed by atoms with Crippen molar-refractivity contribution in [3.8, 4) is 0 Å². The van der Waals surface area contributed by atoms with Crippen LogP contribution in [0.25, 0.3) is 0 Å². The minimum atomic E-state index is 0.752. The Balaban J connectivity index is 0.000000791. The maximum absolute atomic E-state index is 3.53. The lowest BCUT2D eigenvalue weighted by Crippen LogP contribution is -1.90. The number of thioether (sulfide) groups is 1. The molecule has 1 aromatic rings. The summed E-state index contributed by atoms with van der Waals surface area (Å²) in [5.74, 6) is 1.94. The summed E-state index contributed by atoms with van der Waals surface area (Å²) < 4.78 is 1.20. The normalized spacial score (nSPS) is 9.57. The Hall–Kier alpha value is 0.0500. The Morgan fingerprint density at radius 1 is 1.21 bits per heavy atom. The molecule has 0 nitrogen and oxygen atoms in total. The van der Waals surface area contributed by atoms with Gasteiger partial charge < -0.3 is 0 Å². The Morgan fingerprint density at radius 3 is 2.29 bits per heavy atom. The molecule has 2 heteroatoms.